The number of carbonyl (C=O) groups is 1. The molecule has 1 amide bonds. The van der Waals surface area contributed by atoms with Gasteiger partial charge in [0.1, 0.15) is 0 Å². The van der Waals surface area contributed by atoms with Crippen LogP contribution in [-0.2, 0) is 9.47 Å². The van der Waals surface area contributed by atoms with Crippen LogP contribution in [0.2, 0.25) is 0 Å². The molecule has 2 atom stereocenters. The Labute approximate surface area is 144 Å². The van der Waals surface area contributed by atoms with Gasteiger partial charge < -0.3 is 14.6 Å². The zero-order valence-corrected chi connectivity index (χ0v) is 15.2. The first-order chi connectivity index (χ1) is 11.3. The van der Waals surface area contributed by atoms with Crippen molar-refractivity contribution < 1.29 is 19.4 Å². The summed E-state index contributed by atoms with van der Waals surface area (Å²) in [5.41, 5.74) is -2.10. The molecular weight excluding hydrogens is 306 g/mol. The standard InChI is InChI=1S/C19H31NO4/c1-4-17(2)18(3,22)20(16(21)24-17)5-6-23-19-10-13-7-14(11-19)9-15(8-13)12-19/h13-15,22H,4-12H2,1-3H3/t13?,14?,15?,17-,18-,19?/m1/s1. The van der Waals surface area contributed by atoms with Crippen LogP contribution in [0.25, 0.3) is 0 Å². The molecule has 5 aliphatic rings. The van der Waals surface area contributed by atoms with Gasteiger partial charge in [0, 0.05) is 0 Å². The SMILES string of the molecule is CC[C@@]1(C)OC(=O)N(CCOC23CC4CC(CC(C4)C2)C3)[C@]1(C)O. The predicted octanol–water partition coefficient (Wildman–Crippen LogP) is 3.30. The van der Waals surface area contributed by atoms with Gasteiger partial charge in [-0.15, -0.1) is 0 Å². The van der Waals surface area contributed by atoms with Gasteiger partial charge in [-0.2, -0.15) is 0 Å². The van der Waals surface area contributed by atoms with E-state index in [1.165, 1.54) is 43.4 Å². The number of amides is 1. The Balaban J connectivity index is 1.39. The monoisotopic (exact) mass is 337 g/mol. The molecule has 0 aromatic heterocycles. The third-order valence-corrected chi connectivity index (χ3v) is 7.44. The summed E-state index contributed by atoms with van der Waals surface area (Å²) in [4.78, 5) is 13.6. The summed E-state index contributed by atoms with van der Waals surface area (Å²) in [6.45, 7) is 6.27. The van der Waals surface area contributed by atoms with E-state index in [0.717, 1.165) is 17.8 Å². The van der Waals surface area contributed by atoms with E-state index in [-0.39, 0.29) is 5.60 Å². The molecule has 1 saturated heterocycles. The largest absolute Gasteiger partial charge is 0.438 e. The molecule has 0 spiro atoms. The van der Waals surface area contributed by atoms with Gasteiger partial charge in [0.2, 0.25) is 0 Å². The van der Waals surface area contributed by atoms with Gasteiger partial charge in [-0.05, 0) is 76.5 Å². The first-order valence-corrected chi connectivity index (χ1v) is 9.64. The van der Waals surface area contributed by atoms with E-state index in [0.29, 0.717) is 19.6 Å². The second-order valence-corrected chi connectivity index (χ2v) is 9.07. The number of hydrogen-bond acceptors (Lipinski definition) is 4. The summed E-state index contributed by atoms with van der Waals surface area (Å²) in [6, 6.07) is 0. The van der Waals surface area contributed by atoms with E-state index in [2.05, 4.69) is 0 Å². The van der Waals surface area contributed by atoms with Crippen molar-refractivity contribution in [3.63, 3.8) is 0 Å². The van der Waals surface area contributed by atoms with Crippen LogP contribution < -0.4 is 0 Å². The van der Waals surface area contributed by atoms with Gasteiger partial charge in [0.15, 0.2) is 11.3 Å². The summed E-state index contributed by atoms with van der Waals surface area (Å²) < 4.78 is 11.8. The van der Waals surface area contributed by atoms with Crippen molar-refractivity contribution in [2.45, 2.75) is 82.6 Å². The molecule has 0 unspecified atom stereocenters. The van der Waals surface area contributed by atoms with Crippen molar-refractivity contribution in [2.75, 3.05) is 13.2 Å². The summed E-state index contributed by atoms with van der Waals surface area (Å²) >= 11 is 0. The number of aliphatic hydroxyl groups is 1. The highest BCUT2D eigenvalue weighted by Crippen LogP contribution is 2.57. The van der Waals surface area contributed by atoms with Gasteiger partial charge in [0.25, 0.3) is 0 Å². The molecule has 1 aliphatic heterocycles. The van der Waals surface area contributed by atoms with Crippen molar-refractivity contribution >= 4 is 6.09 Å². The molecule has 5 fully saturated rings. The van der Waals surface area contributed by atoms with E-state index >= 15 is 0 Å². The fraction of sp³-hybridized carbons (Fsp3) is 0.947. The van der Waals surface area contributed by atoms with E-state index in [9.17, 15) is 9.90 Å². The Bertz CT molecular complexity index is 496. The highest BCUT2D eigenvalue weighted by Gasteiger charge is 2.58. The lowest BCUT2D eigenvalue weighted by atomic mass is 9.54. The minimum atomic E-state index is -1.29. The van der Waals surface area contributed by atoms with Crippen LogP contribution in [0.4, 0.5) is 4.79 Å². The molecule has 4 aliphatic carbocycles. The maximum atomic E-state index is 12.2. The number of hydrogen-bond donors (Lipinski definition) is 1. The molecule has 4 bridgehead atoms. The first kappa shape index (κ1) is 16.6. The number of ether oxygens (including phenoxy) is 2. The average Bonchev–Trinajstić information content (AvgIpc) is 2.65. The van der Waals surface area contributed by atoms with Crippen molar-refractivity contribution in [1.82, 2.24) is 4.90 Å². The van der Waals surface area contributed by atoms with Crippen LogP contribution in [0.1, 0.15) is 65.7 Å². The van der Waals surface area contributed by atoms with Crippen LogP contribution in [0.15, 0.2) is 0 Å². The van der Waals surface area contributed by atoms with Crippen LogP contribution in [-0.4, -0.2) is 46.2 Å². The molecule has 0 aromatic rings. The number of nitrogens with zero attached hydrogens (tertiary/aromatic N) is 1. The number of cyclic esters (lactones) is 1. The second kappa shape index (κ2) is 5.34. The molecule has 24 heavy (non-hydrogen) atoms. The van der Waals surface area contributed by atoms with E-state index in [1.807, 2.05) is 6.92 Å². The summed E-state index contributed by atoms with van der Waals surface area (Å²) in [5, 5.41) is 10.8. The fourth-order valence-electron chi connectivity index (χ4n) is 6.09. The van der Waals surface area contributed by atoms with Crippen LogP contribution in [0, 0.1) is 17.8 Å². The fourth-order valence-corrected chi connectivity index (χ4v) is 6.09. The average molecular weight is 337 g/mol. The molecule has 4 saturated carbocycles. The second-order valence-electron chi connectivity index (χ2n) is 9.07. The Kier molecular flexibility index (Phi) is 3.70. The van der Waals surface area contributed by atoms with E-state index in [1.54, 1.807) is 13.8 Å². The third kappa shape index (κ3) is 2.38. The summed E-state index contributed by atoms with van der Waals surface area (Å²) in [6.07, 6.45) is 7.89. The minimum absolute atomic E-state index is 0.0400. The molecule has 0 radical (unpaired) electrons. The van der Waals surface area contributed by atoms with E-state index in [4.69, 9.17) is 9.47 Å². The lowest BCUT2D eigenvalue weighted by Crippen LogP contribution is -2.56. The number of rotatable bonds is 5. The maximum absolute atomic E-state index is 12.2. The zero-order chi connectivity index (χ0) is 17.2. The van der Waals surface area contributed by atoms with Crippen LogP contribution >= 0.6 is 0 Å². The molecule has 136 valence electrons. The van der Waals surface area contributed by atoms with Gasteiger partial charge in [0.05, 0.1) is 18.8 Å². The minimum Gasteiger partial charge on any atom is -0.438 e. The molecule has 0 aromatic carbocycles. The lowest BCUT2D eigenvalue weighted by molar-refractivity contribution is -0.174. The first-order valence-electron chi connectivity index (χ1n) is 9.64. The van der Waals surface area contributed by atoms with E-state index < -0.39 is 17.4 Å². The number of carbonyl (C=O) groups excluding carboxylic acids is 1. The van der Waals surface area contributed by atoms with Gasteiger partial charge >= 0.3 is 6.09 Å². The van der Waals surface area contributed by atoms with Crippen LogP contribution in [0.5, 0.6) is 0 Å². The zero-order valence-electron chi connectivity index (χ0n) is 15.2. The predicted molar refractivity (Wildman–Crippen MR) is 89.4 cm³/mol. The lowest BCUT2D eigenvalue weighted by Gasteiger charge is -2.56. The van der Waals surface area contributed by atoms with Gasteiger partial charge in [-0.25, -0.2) is 4.79 Å². The highest BCUT2D eigenvalue weighted by atomic mass is 16.6. The molecule has 1 N–H and O–H groups in total. The van der Waals surface area contributed by atoms with Crippen molar-refractivity contribution in [1.29, 1.82) is 0 Å². The quantitative estimate of drug-likeness (QED) is 0.836. The molecule has 5 heteroatoms. The van der Waals surface area contributed by atoms with Crippen molar-refractivity contribution in [3.8, 4) is 0 Å². The molecule has 1 heterocycles. The Hall–Kier alpha value is -0.810. The Morgan fingerprint density at radius 1 is 1.17 bits per heavy atom. The Morgan fingerprint density at radius 2 is 1.71 bits per heavy atom. The highest BCUT2D eigenvalue weighted by molar-refractivity contribution is 5.72. The summed E-state index contributed by atoms with van der Waals surface area (Å²) in [7, 11) is 0. The molecular formula is C19H31NO4. The van der Waals surface area contributed by atoms with Crippen molar-refractivity contribution in [3.05, 3.63) is 0 Å². The Morgan fingerprint density at radius 3 is 2.17 bits per heavy atom. The normalized spacial score (nSPS) is 49.8. The van der Waals surface area contributed by atoms with Gasteiger partial charge in [-0.3, -0.25) is 4.90 Å². The van der Waals surface area contributed by atoms with Crippen LogP contribution in [0.3, 0.4) is 0 Å². The molecule has 5 nitrogen and oxygen atoms in total. The topological polar surface area (TPSA) is 59.0 Å². The summed E-state index contributed by atoms with van der Waals surface area (Å²) in [5.74, 6) is 2.54. The van der Waals surface area contributed by atoms with Crippen molar-refractivity contribution in [2.24, 2.45) is 17.8 Å². The maximum Gasteiger partial charge on any atom is 0.412 e. The van der Waals surface area contributed by atoms with Gasteiger partial charge in [-0.1, -0.05) is 6.92 Å². The smallest absolute Gasteiger partial charge is 0.412 e. The third-order valence-electron chi connectivity index (χ3n) is 7.44. The molecule has 5 rings (SSSR count).